The highest BCUT2D eigenvalue weighted by Crippen LogP contribution is 2.19. The van der Waals surface area contributed by atoms with Crippen LogP contribution in [0.5, 0.6) is 0 Å². The van der Waals surface area contributed by atoms with E-state index in [0.29, 0.717) is 0 Å². The smallest absolute Gasteiger partial charge is 0.0907 e. The minimum Gasteiger partial charge on any atom is -0.242 e. The zero-order valence-corrected chi connectivity index (χ0v) is 8.16. The van der Waals surface area contributed by atoms with Gasteiger partial charge in [0.1, 0.15) is 0 Å². The van der Waals surface area contributed by atoms with Crippen molar-refractivity contribution in [2.45, 2.75) is 6.92 Å². The Morgan fingerprint density at radius 3 is 2.17 bits per heavy atom. The summed E-state index contributed by atoms with van der Waals surface area (Å²) >= 11 is 1.64. The average Bonchev–Trinajstić information content (AvgIpc) is 2.49. The fraction of sp³-hybridized carbons (Fsp3) is 0.100. The van der Waals surface area contributed by atoms with Crippen molar-refractivity contribution < 1.29 is 0 Å². The molecule has 0 spiro atoms. The third kappa shape index (κ3) is 2.47. The molecule has 0 bridgehead atoms. The van der Waals surface area contributed by atoms with Gasteiger partial charge in [0.15, 0.2) is 0 Å². The second-order valence-electron chi connectivity index (χ2n) is 1.89. The first kappa shape index (κ1) is 10.8. The van der Waals surface area contributed by atoms with E-state index < -0.39 is 0 Å². The lowest BCUT2D eigenvalue weighted by Crippen LogP contribution is -1.72. The number of hydrogen-bond donors (Lipinski definition) is 0. The fourth-order valence-corrected chi connectivity index (χ4v) is 1.53. The molecule has 1 aromatic rings. The Morgan fingerprint density at radius 1 is 1.25 bits per heavy atom. The predicted octanol–water partition coefficient (Wildman–Crippen LogP) is 3.54. The molecule has 1 nitrogen and oxygen atoms in total. The Balaban J connectivity index is 0.000000561. The highest BCUT2D eigenvalue weighted by atomic mass is 32.1. The summed E-state index contributed by atoms with van der Waals surface area (Å²) in [5.74, 6) is 0. The Labute approximate surface area is 77.8 Å². The normalized spacial score (nSPS) is 8.08. The molecular weight excluding hydrogens is 166 g/mol. The van der Waals surface area contributed by atoms with Crippen molar-refractivity contribution in [1.82, 2.24) is 4.98 Å². The molecule has 0 atom stereocenters. The first-order chi connectivity index (χ1) is 5.77. The van der Waals surface area contributed by atoms with Gasteiger partial charge in [-0.3, -0.25) is 0 Å². The fourth-order valence-electron chi connectivity index (χ4n) is 0.751. The SMILES string of the molecule is C=C.C=Cc1nc(C)sc1C=C. The summed E-state index contributed by atoms with van der Waals surface area (Å²) < 4.78 is 0. The Morgan fingerprint density at radius 2 is 1.83 bits per heavy atom. The maximum absolute atomic E-state index is 4.23. The van der Waals surface area contributed by atoms with Crippen LogP contribution < -0.4 is 0 Å². The molecule has 0 saturated heterocycles. The van der Waals surface area contributed by atoms with Gasteiger partial charge in [-0.15, -0.1) is 24.5 Å². The standard InChI is InChI=1S/C8H9NS.C2H4/c1-4-7-8(5-2)10-6(3)9-7;1-2/h4-5H,1-2H2,3H3;1-2H2. The molecule has 0 aromatic carbocycles. The van der Waals surface area contributed by atoms with Crippen LogP contribution in [-0.4, -0.2) is 4.98 Å². The first-order valence-corrected chi connectivity index (χ1v) is 4.32. The molecule has 0 fully saturated rings. The summed E-state index contributed by atoms with van der Waals surface area (Å²) in [7, 11) is 0. The minimum atomic E-state index is 0.942. The second kappa shape index (κ2) is 5.49. The van der Waals surface area contributed by atoms with Gasteiger partial charge in [0.25, 0.3) is 0 Å². The van der Waals surface area contributed by atoms with Crippen molar-refractivity contribution in [3.63, 3.8) is 0 Å². The van der Waals surface area contributed by atoms with Gasteiger partial charge in [0.2, 0.25) is 0 Å². The second-order valence-corrected chi connectivity index (χ2v) is 3.13. The molecular formula is C10H13NS. The van der Waals surface area contributed by atoms with Gasteiger partial charge in [-0.2, -0.15) is 0 Å². The van der Waals surface area contributed by atoms with E-state index in [4.69, 9.17) is 0 Å². The summed E-state index contributed by atoms with van der Waals surface area (Å²) in [6.45, 7) is 15.3. The van der Waals surface area contributed by atoms with Crippen LogP contribution in [-0.2, 0) is 0 Å². The zero-order chi connectivity index (χ0) is 9.56. The van der Waals surface area contributed by atoms with Crippen molar-refractivity contribution in [3.05, 3.63) is 41.9 Å². The van der Waals surface area contributed by atoms with Crippen molar-refractivity contribution in [1.29, 1.82) is 0 Å². The van der Waals surface area contributed by atoms with Gasteiger partial charge in [-0.25, -0.2) is 4.98 Å². The zero-order valence-electron chi connectivity index (χ0n) is 7.34. The molecule has 0 radical (unpaired) electrons. The van der Waals surface area contributed by atoms with Gasteiger partial charge < -0.3 is 0 Å². The van der Waals surface area contributed by atoms with Crippen LogP contribution in [0.15, 0.2) is 26.3 Å². The Kier molecular flexibility index (Phi) is 4.97. The van der Waals surface area contributed by atoms with E-state index in [9.17, 15) is 0 Å². The maximum Gasteiger partial charge on any atom is 0.0907 e. The molecule has 0 aliphatic carbocycles. The van der Waals surface area contributed by atoms with E-state index in [1.807, 2.05) is 13.0 Å². The maximum atomic E-state index is 4.23. The van der Waals surface area contributed by atoms with Gasteiger partial charge in [0, 0.05) is 0 Å². The van der Waals surface area contributed by atoms with Crippen LogP contribution in [0.3, 0.4) is 0 Å². The van der Waals surface area contributed by atoms with Crippen LogP contribution in [0.1, 0.15) is 15.6 Å². The molecule has 0 N–H and O–H groups in total. The quantitative estimate of drug-likeness (QED) is 0.633. The number of nitrogens with zero attached hydrogens (tertiary/aromatic N) is 1. The monoisotopic (exact) mass is 179 g/mol. The third-order valence-electron chi connectivity index (χ3n) is 1.17. The molecule has 64 valence electrons. The molecule has 12 heavy (non-hydrogen) atoms. The number of hydrogen-bond acceptors (Lipinski definition) is 2. The van der Waals surface area contributed by atoms with Gasteiger partial charge >= 0.3 is 0 Å². The molecule has 0 aliphatic heterocycles. The van der Waals surface area contributed by atoms with Gasteiger partial charge in [-0.05, 0) is 19.1 Å². The lowest BCUT2D eigenvalue weighted by atomic mass is 10.3. The summed E-state index contributed by atoms with van der Waals surface area (Å²) in [6, 6.07) is 0. The topological polar surface area (TPSA) is 12.9 Å². The summed E-state index contributed by atoms with van der Waals surface area (Å²) in [6.07, 6.45) is 3.56. The van der Waals surface area contributed by atoms with E-state index in [1.165, 1.54) is 0 Å². The largest absolute Gasteiger partial charge is 0.242 e. The average molecular weight is 179 g/mol. The van der Waals surface area contributed by atoms with E-state index in [-0.39, 0.29) is 0 Å². The van der Waals surface area contributed by atoms with Crippen LogP contribution in [0.25, 0.3) is 12.2 Å². The lowest BCUT2D eigenvalue weighted by Gasteiger charge is -1.83. The molecule has 0 aliphatic rings. The molecule has 1 heterocycles. The minimum absolute atomic E-state index is 0.942. The van der Waals surface area contributed by atoms with Crippen LogP contribution in [0.4, 0.5) is 0 Å². The molecule has 0 unspecified atom stereocenters. The summed E-state index contributed by atoms with van der Waals surface area (Å²) in [5, 5.41) is 1.06. The number of aromatic nitrogens is 1. The van der Waals surface area contributed by atoms with Crippen LogP contribution in [0, 0.1) is 6.92 Å². The van der Waals surface area contributed by atoms with Crippen LogP contribution >= 0.6 is 11.3 Å². The van der Waals surface area contributed by atoms with E-state index >= 15 is 0 Å². The Hall–Kier alpha value is -1.15. The molecule has 2 heteroatoms. The van der Waals surface area contributed by atoms with E-state index in [1.54, 1.807) is 17.4 Å². The van der Waals surface area contributed by atoms with Crippen molar-refractivity contribution in [2.75, 3.05) is 0 Å². The van der Waals surface area contributed by atoms with Crippen molar-refractivity contribution >= 4 is 23.5 Å². The van der Waals surface area contributed by atoms with Gasteiger partial charge in [-0.1, -0.05) is 13.2 Å². The van der Waals surface area contributed by atoms with Crippen molar-refractivity contribution in [3.8, 4) is 0 Å². The van der Waals surface area contributed by atoms with E-state index in [0.717, 1.165) is 15.6 Å². The Bertz CT molecular complexity index is 248. The molecule has 1 aromatic heterocycles. The first-order valence-electron chi connectivity index (χ1n) is 3.50. The predicted molar refractivity (Wildman–Crippen MR) is 58.3 cm³/mol. The molecule has 1 rings (SSSR count). The van der Waals surface area contributed by atoms with E-state index in [2.05, 4.69) is 31.3 Å². The summed E-state index contributed by atoms with van der Waals surface area (Å²) in [5.41, 5.74) is 0.942. The highest BCUT2D eigenvalue weighted by molar-refractivity contribution is 7.12. The molecule has 0 saturated carbocycles. The van der Waals surface area contributed by atoms with Crippen molar-refractivity contribution in [2.24, 2.45) is 0 Å². The number of rotatable bonds is 2. The lowest BCUT2D eigenvalue weighted by molar-refractivity contribution is 1.27. The molecule has 0 amide bonds. The summed E-state index contributed by atoms with van der Waals surface area (Å²) in [4.78, 5) is 5.33. The van der Waals surface area contributed by atoms with Gasteiger partial charge in [0.05, 0.1) is 15.6 Å². The van der Waals surface area contributed by atoms with Crippen LogP contribution in [0.2, 0.25) is 0 Å². The third-order valence-corrected chi connectivity index (χ3v) is 2.15. The highest BCUT2D eigenvalue weighted by Gasteiger charge is 1.99. The number of aryl methyl sites for hydroxylation is 1. The number of thiazole rings is 1.